The maximum Gasteiger partial charge on any atom is 0.278 e. The molecule has 0 aliphatic carbocycles. The Hall–Kier alpha value is -3.21. The lowest BCUT2D eigenvalue weighted by molar-refractivity contribution is -0.116. The largest absolute Gasteiger partial charge is 0.326 e. The first-order valence-corrected chi connectivity index (χ1v) is 9.53. The molecule has 3 aromatic rings. The van der Waals surface area contributed by atoms with E-state index in [2.05, 4.69) is 22.5 Å². The molecule has 5 nitrogen and oxygen atoms in total. The highest BCUT2D eigenvalue weighted by atomic mass is 16.2. The molecule has 1 aromatic heterocycles. The third-order valence-electron chi connectivity index (χ3n) is 4.75. The van der Waals surface area contributed by atoms with Crippen molar-refractivity contribution in [2.24, 2.45) is 0 Å². The van der Waals surface area contributed by atoms with E-state index in [1.54, 1.807) is 24.3 Å². The molecule has 5 heteroatoms. The molecule has 3 rings (SSSR count). The van der Waals surface area contributed by atoms with Gasteiger partial charge in [-0.2, -0.15) is 5.10 Å². The summed E-state index contributed by atoms with van der Waals surface area (Å²) in [5, 5.41) is 7.30. The standard InChI is InChI=1S/C23H25N3O2/c1-4-8-22(27)24-20-13-11-19(12-14-20)23(28)26-17(3)21(16(2)25-26)15-18-9-6-5-7-10-18/h5-7,9-14H,4,8,15H2,1-3H3,(H,24,27). The number of nitrogens with one attached hydrogen (secondary N) is 1. The van der Waals surface area contributed by atoms with Gasteiger partial charge in [0, 0.05) is 35.3 Å². The molecule has 1 amide bonds. The Kier molecular flexibility index (Phi) is 6.04. The second-order valence-corrected chi connectivity index (χ2v) is 6.90. The van der Waals surface area contributed by atoms with Crippen LogP contribution in [0.2, 0.25) is 0 Å². The molecule has 0 aliphatic rings. The van der Waals surface area contributed by atoms with E-state index < -0.39 is 0 Å². The van der Waals surface area contributed by atoms with Gasteiger partial charge in [-0.1, -0.05) is 37.3 Å². The van der Waals surface area contributed by atoms with Gasteiger partial charge in [0.05, 0.1) is 5.69 Å². The zero-order valence-corrected chi connectivity index (χ0v) is 16.5. The topological polar surface area (TPSA) is 64.0 Å². The van der Waals surface area contributed by atoms with Crippen molar-refractivity contribution in [1.82, 2.24) is 9.78 Å². The molecule has 0 spiro atoms. The molecule has 1 heterocycles. The Morgan fingerprint density at radius 2 is 1.68 bits per heavy atom. The van der Waals surface area contributed by atoms with E-state index >= 15 is 0 Å². The number of rotatable bonds is 6. The van der Waals surface area contributed by atoms with Crippen molar-refractivity contribution in [3.05, 3.63) is 82.7 Å². The van der Waals surface area contributed by atoms with Crippen LogP contribution in [0.25, 0.3) is 0 Å². The molecule has 2 aromatic carbocycles. The lowest BCUT2D eigenvalue weighted by Gasteiger charge is -2.07. The number of hydrogen-bond donors (Lipinski definition) is 1. The average molecular weight is 375 g/mol. The molecule has 28 heavy (non-hydrogen) atoms. The number of aryl methyl sites for hydroxylation is 1. The molecule has 0 unspecified atom stereocenters. The van der Waals surface area contributed by atoms with Crippen LogP contribution in [0.4, 0.5) is 5.69 Å². The number of aromatic nitrogens is 2. The summed E-state index contributed by atoms with van der Waals surface area (Å²) in [5.41, 5.74) is 5.19. The first kappa shape index (κ1) is 19.5. The summed E-state index contributed by atoms with van der Waals surface area (Å²) in [6, 6.07) is 17.1. The van der Waals surface area contributed by atoms with Gasteiger partial charge < -0.3 is 5.32 Å². The maximum atomic E-state index is 12.9. The highest BCUT2D eigenvalue weighted by Crippen LogP contribution is 2.19. The first-order chi connectivity index (χ1) is 13.5. The molecule has 0 atom stereocenters. The van der Waals surface area contributed by atoms with Crippen molar-refractivity contribution in [3.8, 4) is 0 Å². The van der Waals surface area contributed by atoms with Crippen LogP contribution in [0.3, 0.4) is 0 Å². The molecule has 0 saturated heterocycles. The predicted molar refractivity (Wildman–Crippen MR) is 111 cm³/mol. The number of anilines is 1. The molecular weight excluding hydrogens is 350 g/mol. The number of nitrogens with zero attached hydrogens (tertiary/aromatic N) is 2. The second-order valence-electron chi connectivity index (χ2n) is 6.90. The third kappa shape index (κ3) is 4.36. The van der Waals surface area contributed by atoms with Crippen LogP contribution in [0, 0.1) is 13.8 Å². The molecule has 144 valence electrons. The fourth-order valence-electron chi connectivity index (χ4n) is 3.20. The summed E-state index contributed by atoms with van der Waals surface area (Å²) in [4.78, 5) is 24.6. The van der Waals surface area contributed by atoms with E-state index in [-0.39, 0.29) is 11.8 Å². The average Bonchev–Trinajstić information content (AvgIpc) is 2.97. The van der Waals surface area contributed by atoms with Crippen LogP contribution >= 0.6 is 0 Å². The fourth-order valence-corrected chi connectivity index (χ4v) is 3.20. The van der Waals surface area contributed by atoms with Gasteiger partial charge in [0.1, 0.15) is 0 Å². The first-order valence-electron chi connectivity index (χ1n) is 9.53. The number of amides is 1. The van der Waals surface area contributed by atoms with Gasteiger partial charge in [-0.25, -0.2) is 4.68 Å². The molecule has 1 N–H and O–H groups in total. The van der Waals surface area contributed by atoms with Gasteiger partial charge in [0.2, 0.25) is 5.91 Å². The minimum Gasteiger partial charge on any atom is -0.326 e. The van der Waals surface area contributed by atoms with Gasteiger partial charge in [-0.05, 0) is 50.1 Å². The summed E-state index contributed by atoms with van der Waals surface area (Å²) in [6.45, 7) is 5.82. The Balaban J connectivity index is 1.79. The second kappa shape index (κ2) is 8.65. The quantitative estimate of drug-likeness (QED) is 0.689. The van der Waals surface area contributed by atoms with Crippen LogP contribution in [0.5, 0.6) is 0 Å². The van der Waals surface area contributed by atoms with Crippen LogP contribution in [0.1, 0.15) is 52.6 Å². The Labute approximate surface area is 165 Å². The molecule has 0 saturated carbocycles. The van der Waals surface area contributed by atoms with Gasteiger partial charge in [-0.3, -0.25) is 9.59 Å². The smallest absolute Gasteiger partial charge is 0.278 e. The lowest BCUT2D eigenvalue weighted by Crippen LogP contribution is -2.16. The maximum absolute atomic E-state index is 12.9. The predicted octanol–water partition coefficient (Wildman–Crippen LogP) is 4.52. The molecule has 0 fully saturated rings. The van der Waals surface area contributed by atoms with Crippen molar-refractivity contribution in [2.75, 3.05) is 5.32 Å². The summed E-state index contributed by atoms with van der Waals surface area (Å²) in [6.07, 6.45) is 2.02. The monoisotopic (exact) mass is 375 g/mol. The van der Waals surface area contributed by atoms with Crippen molar-refractivity contribution in [2.45, 2.75) is 40.0 Å². The van der Waals surface area contributed by atoms with E-state index in [0.29, 0.717) is 17.7 Å². The van der Waals surface area contributed by atoms with Crippen molar-refractivity contribution in [3.63, 3.8) is 0 Å². The van der Waals surface area contributed by atoms with Gasteiger partial charge in [-0.15, -0.1) is 0 Å². The highest BCUT2D eigenvalue weighted by Gasteiger charge is 2.18. The molecular formula is C23H25N3O2. The summed E-state index contributed by atoms with van der Waals surface area (Å²) < 4.78 is 1.47. The van der Waals surface area contributed by atoms with E-state index in [0.717, 1.165) is 29.8 Å². The number of carbonyl (C=O) groups excluding carboxylic acids is 2. The third-order valence-corrected chi connectivity index (χ3v) is 4.75. The van der Waals surface area contributed by atoms with E-state index in [9.17, 15) is 9.59 Å². The molecule has 0 aliphatic heterocycles. The summed E-state index contributed by atoms with van der Waals surface area (Å²) in [7, 11) is 0. The molecule has 0 radical (unpaired) electrons. The molecule has 0 bridgehead atoms. The van der Waals surface area contributed by atoms with Crippen LogP contribution in [-0.2, 0) is 11.2 Å². The van der Waals surface area contributed by atoms with Crippen molar-refractivity contribution in [1.29, 1.82) is 0 Å². The Morgan fingerprint density at radius 1 is 1.00 bits per heavy atom. The summed E-state index contributed by atoms with van der Waals surface area (Å²) >= 11 is 0. The van der Waals surface area contributed by atoms with Crippen LogP contribution in [-0.4, -0.2) is 21.6 Å². The number of carbonyl (C=O) groups is 2. The lowest BCUT2D eigenvalue weighted by atomic mass is 10.0. The van der Waals surface area contributed by atoms with Crippen molar-refractivity contribution < 1.29 is 9.59 Å². The number of hydrogen-bond acceptors (Lipinski definition) is 3. The Morgan fingerprint density at radius 3 is 2.32 bits per heavy atom. The normalized spacial score (nSPS) is 10.7. The van der Waals surface area contributed by atoms with E-state index in [1.807, 2.05) is 39.0 Å². The van der Waals surface area contributed by atoms with Crippen LogP contribution < -0.4 is 5.32 Å². The summed E-state index contributed by atoms with van der Waals surface area (Å²) in [5.74, 6) is -0.197. The van der Waals surface area contributed by atoms with Gasteiger partial charge in [0.15, 0.2) is 0 Å². The fraction of sp³-hybridized carbons (Fsp3) is 0.261. The van der Waals surface area contributed by atoms with E-state index in [4.69, 9.17) is 0 Å². The minimum atomic E-state index is -0.175. The van der Waals surface area contributed by atoms with Crippen LogP contribution in [0.15, 0.2) is 54.6 Å². The zero-order chi connectivity index (χ0) is 20.1. The van der Waals surface area contributed by atoms with Crippen molar-refractivity contribution >= 4 is 17.5 Å². The SMILES string of the molecule is CCCC(=O)Nc1ccc(C(=O)n2nc(C)c(Cc3ccccc3)c2C)cc1. The highest BCUT2D eigenvalue weighted by molar-refractivity contribution is 5.97. The van der Waals surface area contributed by atoms with Gasteiger partial charge >= 0.3 is 0 Å². The van der Waals surface area contributed by atoms with E-state index in [1.165, 1.54) is 10.2 Å². The zero-order valence-electron chi connectivity index (χ0n) is 16.5. The number of benzene rings is 2. The minimum absolute atomic E-state index is 0.0225. The Bertz CT molecular complexity index is 973. The van der Waals surface area contributed by atoms with Gasteiger partial charge in [0.25, 0.3) is 5.91 Å².